The summed E-state index contributed by atoms with van der Waals surface area (Å²) < 4.78 is 1.83. The van der Waals surface area contributed by atoms with Crippen LogP contribution in [-0.2, 0) is 0 Å². The first-order valence-corrected chi connectivity index (χ1v) is 10.1. The highest BCUT2D eigenvalue weighted by Gasteiger charge is 2.19. The van der Waals surface area contributed by atoms with Gasteiger partial charge >= 0.3 is 0 Å². The highest BCUT2D eigenvalue weighted by Crippen LogP contribution is 2.32. The van der Waals surface area contributed by atoms with Gasteiger partial charge in [0.1, 0.15) is 4.83 Å². The number of rotatable bonds is 5. The number of nitrogens with zero attached hydrogens (tertiary/aromatic N) is 2. The standard InChI is InChI=1S/C19H21ClN4OS.ClH/c1-12-14-10-17(18(25)22-9-7-13-6-8-21-11-13)26-19(14)24(23-12)16-5-3-2-4-15(16)20;/h2-5,10,13,21H,6-9,11H2,1H3,(H,22,25);1H. The molecule has 1 aromatic carbocycles. The average molecular weight is 425 g/mol. The summed E-state index contributed by atoms with van der Waals surface area (Å²) in [6.45, 7) is 4.82. The highest BCUT2D eigenvalue weighted by atomic mass is 35.5. The Morgan fingerprint density at radius 3 is 3.00 bits per heavy atom. The van der Waals surface area contributed by atoms with Crippen LogP contribution in [0.2, 0.25) is 5.02 Å². The summed E-state index contributed by atoms with van der Waals surface area (Å²) in [6.07, 6.45) is 2.22. The number of aryl methyl sites for hydroxylation is 1. The molecule has 0 saturated carbocycles. The first-order valence-electron chi connectivity index (χ1n) is 8.86. The SMILES string of the molecule is Cc1nn(-c2ccccc2Cl)c2sc(C(=O)NCCC3CCNC3)cc12.Cl. The molecule has 1 unspecified atom stereocenters. The lowest BCUT2D eigenvalue weighted by Crippen LogP contribution is -2.25. The Balaban J connectivity index is 0.00000210. The first-order chi connectivity index (χ1) is 12.6. The van der Waals surface area contributed by atoms with E-state index in [2.05, 4.69) is 15.7 Å². The molecule has 1 aliphatic heterocycles. The Hall–Kier alpha value is -1.60. The number of carbonyl (C=O) groups excluding carboxylic acids is 1. The summed E-state index contributed by atoms with van der Waals surface area (Å²) >= 11 is 7.78. The molecule has 2 aromatic heterocycles. The summed E-state index contributed by atoms with van der Waals surface area (Å²) in [6, 6.07) is 9.54. The van der Waals surface area contributed by atoms with Crippen LogP contribution < -0.4 is 10.6 Å². The molecule has 0 radical (unpaired) electrons. The zero-order chi connectivity index (χ0) is 18.1. The number of fused-ring (bicyclic) bond motifs is 1. The van der Waals surface area contributed by atoms with E-state index in [1.54, 1.807) is 0 Å². The number of nitrogens with one attached hydrogen (secondary N) is 2. The van der Waals surface area contributed by atoms with Crippen molar-refractivity contribution in [3.05, 3.63) is 45.9 Å². The van der Waals surface area contributed by atoms with Gasteiger partial charge in [-0.1, -0.05) is 23.7 Å². The molecule has 0 spiro atoms. The van der Waals surface area contributed by atoms with Gasteiger partial charge in [-0.05, 0) is 57.0 Å². The lowest BCUT2D eigenvalue weighted by atomic mass is 10.1. The van der Waals surface area contributed by atoms with Crippen molar-refractivity contribution in [3.63, 3.8) is 0 Å². The molecule has 1 fully saturated rings. The molecule has 1 amide bonds. The molecular formula is C19H22Cl2N4OS. The van der Waals surface area contributed by atoms with E-state index in [9.17, 15) is 4.79 Å². The van der Waals surface area contributed by atoms with E-state index < -0.39 is 0 Å². The zero-order valence-corrected chi connectivity index (χ0v) is 17.4. The molecule has 27 heavy (non-hydrogen) atoms. The topological polar surface area (TPSA) is 59.0 Å². The van der Waals surface area contributed by atoms with E-state index in [-0.39, 0.29) is 18.3 Å². The Morgan fingerprint density at radius 2 is 2.26 bits per heavy atom. The monoisotopic (exact) mass is 424 g/mol. The van der Waals surface area contributed by atoms with E-state index in [0.29, 0.717) is 15.8 Å². The Labute approximate surface area is 173 Å². The van der Waals surface area contributed by atoms with Crippen LogP contribution in [0.4, 0.5) is 0 Å². The number of aromatic nitrogens is 2. The van der Waals surface area contributed by atoms with Gasteiger partial charge in [0.15, 0.2) is 0 Å². The minimum Gasteiger partial charge on any atom is -0.351 e. The third-order valence-electron chi connectivity index (χ3n) is 4.85. The molecule has 5 nitrogen and oxygen atoms in total. The molecule has 1 atom stereocenters. The minimum absolute atomic E-state index is 0. The van der Waals surface area contributed by atoms with Crippen LogP contribution in [0.15, 0.2) is 30.3 Å². The van der Waals surface area contributed by atoms with Crippen molar-refractivity contribution in [2.75, 3.05) is 19.6 Å². The van der Waals surface area contributed by atoms with Crippen LogP contribution in [0.5, 0.6) is 0 Å². The van der Waals surface area contributed by atoms with Crippen LogP contribution in [0.1, 0.15) is 28.2 Å². The molecule has 8 heteroatoms. The third-order valence-corrected chi connectivity index (χ3v) is 6.28. The number of hydrogen-bond acceptors (Lipinski definition) is 4. The van der Waals surface area contributed by atoms with Crippen molar-refractivity contribution in [2.24, 2.45) is 5.92 Å². The van der Waals surface area contributed by atoms with Gasteiger partial charge in [0.25, 0.3) is 5.91 Å². The second-order valence-electron chi connectivity index (χ2n) is 6.68. The van der Waals surface area contributed by atoms with Gasteiger partial charge < -0.3 is 10.6 Å². The predicted octanol–water partition coefficient (Wildman–Crippen LogP) is 4.20. The van der Waals surface area contributed by atoms with E-state index in [1.165, 1.54) is 17.8 Å². The third kappa shape index (κ3) is 4.14. The first kappa shape index (κ1) is 20.1. The maximum atomic E-state index is 12.5. The van der Waals surface area contributed by atoms with Crippen molar-refractivity contribution >= 4 is 51.5 Å². The van der Waals surface area contributed by atoms with E-state index in [4.69, 9.17) is 11.6 Å². The molecule has 1 aliphatic rings. The van der Waals surface area contributed by atoms with Crippen molar-refractivity contribution in [3.8, 4) is 5.69 Å². The van der Waals surface area contributed by atoms with Gasteiger partial charge in [0.05, 0.1) is 21.3 Å². The number of halogens is 2. The fraction of sp³-hybridized carbons (Fsp3) is 0.368. The molecule has 0 bridgehead atoms. The van der Waals surface area contributed by atoms with Gasteiger partial charge in [-0.2, -0.15) is 5.10 Å². The van der Waals surface area contributed by atoms with Crippen molar-refractivity contribution in [1.29, 1.82) is 0 Å². The molecule has 0 aliphatic carbocycles. The Kier molecular flexibility index (Phi) is 6.42. The molecule has 2 N–H and O–H groups in total. The molecule has 1 saturated heterocycles. The Bertz CT molecular complexity index is 946. The Morgan fingerprint density at radius 1 is 1.44 bits per heavy atom. The maximum absolute atomic E-state index is 12.5. The number of thiophene rings is 1. The van der Waals surface area contributed by atoms with Crippen molar-refractivity contribution < 1.29 is 4.79 Å². The highest BCUT2D eigenvalue weighted by molar-refractivity contribution is 7.20. The van der Waals surface area contributed by atoms with Gasteiger partial charge in [-0.25, -0.2) is 4.68 Å². The molecule has 3 heterocycles. The van der Waals surface area contributed by atoms with Crippen molar-refractivity contribution in [1.82, 2.24) is 20.4 Å². The van der Waals surface area contributed by atoms with Crippen LogP contribution in [0.3, 0.4) is 0 Å². The van der Waals surface area contributed by atoms with E-state index in [1.807, 2.05) is 41.9 Å². The van der Waals surface area contributed by atoms with Gasteiger partial charge in [0.2, 0.25) is 0 Å². The van der Waals surface area contributed by atoms with Crippen LogP contribution in [0.25, 0.3) is 15.9 Å². The quantitative estimate of drug-likeness (QED) is 0.644. The molecule has 144 valence electrons. The average Bonchev–Trinajstić information content (AvgIpc) is 3.34. The lowest BCUT2D eigenvalue weighted by Gasteiger charge is -2.08. The number of benzene rings is 1. The van der Waals surface area contributed by atoms with Crippen LogP contribution in [-0.4, -0.2) is 35.3 Å². The number of para-hydroxylation sites is 1. The minimum atomic E-state index is -0.0118. The summed E-state index contributed by atoms with van der Waals surface area (Å²) in [5.74, 6) is 0.663. The second kappa shape index (κ2) is 8.61. The van der Waals surface area contributed by atoms with E-state index in [0.717, 1.165) is 47.7 Å². The number of amides is 1. The fourth-order valence-electron chi connectivity index (χ4n) is 3.38. The second-order valence-corrected chi connectivity index (χ2v) is 8.12. The van der Waals surface area contributed by atoms with Gasteiger partial charge in [-0.3, -0.25) is 4.79 Å². The summed E-state index contributed by atoms with van der Waals surface area (Å²) in [7, 11) is 0. The van der Waals surface area contributed by atoms with Crippen LogP contribution >= 0.6 is 35.3 Å². The zero-order valence-electron chi connectivity index (χ0n) is 15.0. The molecular weight excluding hydrogens is 403 g/mol. The number of hydrogen-bond donors (Lipinski definition) is 2. The smallest absolute Gasteiger partial charge is 0.261 e. The molecule has 3 aromatic rings. The summed E-state index contributed by atoms with van der Waals surface area (Å²) in [5, 5.41) is 12.7. The van der Waals surface area contributed by atoms with E-state index >= 15 is 0 Å². The van der Waals surface area contributed by atoms with Gasteiger partial charge in [0, 0.05) is 11.9 Å². The number of carbonyl (C=O) groups is 1. The normalized spacial score (nSPS) is 16.4. The summed E-state index contributed by atoms with van der Waals surface area (Å²) in [4.78, 5) is 14.2. The lowest BCUT2D eigenvalue weighted by molar-refractivity contribution is 0.0956. The fourth-order valence-corrected chi connectivity index (χ4v) is 4.69. The largest absolute Gasteiger partial charge is 0.351 e. The van der Waals surface area contributed by atoms with Crippen LogP contribution in [0, 0.1) is 12.8 Å². The maximum Gasteiger partial charge on any atom is 0.261 e. The predicted molar refractivity (Wildman–Crippen MR) is 114 cm³/mol. The summed E-state index contributed by atoms with van der Waals surface area (Å²) in [5.41, 5.74) is 1.72. The molecule has 4 rings (SSSR count). The van der Waals surface area contributed by atoms with Crippen molar-refractivity contribution in [2.45, 2.75) is 19.8 Å². The van der Waals surface area contributed by atoms with Gasteiger partial charge in [-0.15, -0.1) is 23.7 Å².